The molecule has 0 saturated carbocycles. The van der Waals surface area contributed by atoms with Crippen molar-refractivity contribution in [3.8, 4) is 0 Å². The van der Waals surface area contributed by atoms with E-state index in [4.69, 9.17) is 0 Å². The molecule has 0 aromatic heterocycles. The van der Waals surface area contributed by atoms with E-state index in [1.54, 1.807) is 13.0 Å². The molecule has 0 bridgehead atoms. The first kappa shape index (κ1) is 10.6. The van der Waals surface area contributed by atoms with Crippen molar-refractivity contribution in [2.75, 3.05) is 0 Å². The fraction of sp³-hybridized carbons (Fsp3) is 0.333. The molecule has 0 heterocycles. The maximum absolute atomic E-state index is 12.4. The Labute approximate surface area is 82.9 Å². The highest BCUT2D eigenvalue weighted by Gasteiger charge is 2.32. The summed E-state index contributed by atoms with van der Waals surface area (Å²) in [4.78, 5) is 0. The number of hydrogen-bond donors (Lipinski definition) is 0. The molecule has 0 aliphatic heterocycles. The number of alkyl halides is 3. The van der Waals surface area contributed by atoms with Crippen LogP contribution in [-0.2, 0) is 12.6 Å². The first-order chi connectivity index (χ1) is 5.95. The van der Waals surface area contributed by atoms with Crippen LogP contribution in [0.5, 0.6) is 0 Å². The molecular formula is C9H8BrF3. The zero-order valence-electron chi connectivity index (χ0n) is 6.95. The Hall–Kier alpha value is -0.510. The number of aryl methyl sites for hydroxylation is 1. The van der Waals surface area contributed by atoms with E-state index in [9.17, 15) is 13.2 Å². The SMILES string of the molecule is CCc1ccc(Br)cc1C(F)(F)F. The third-order valence-corrected chi connectivity index (χ3v) is 2.25. The molecule has 1 rings (SSSR count). The summed E-state index contributed by atoms with van der Waals surface area (Å²) < 4.78 is 37.6. The van der Waals surface area contributed by atoms with Gasteiger partial charge in [0.15, 0.2) is 0 Å². The lowest BCUT2D eigenvalue weighted by Crippen LogP contribution is -2.08. The Kier molecular flexibility index (Phi) is 3.01. The average molecular weight is 253 g/mol. The lowest BCUT2D eigenvalue weighted by Gasteiger charge is -2.11. The standard InChI is InChI=1S/C9H8BrF3/c1-2-6-3-4-7(10)5-8(6)9(11,12)13/h3-5H,2H2,1H3. The normalized spacial score (nSPS) is 11.8. The van der Waals surface area contributed by atoms with Gasteiger partial charge in [-0.05, 0) is 24.1 Å². The molecule has 0 aliphatic carbocycles. The lowest BCUT2D eigenvalue weighted by molar-refractivity contribution is -0.138. The first-order valence-corrected chi connectivity index (χ1v) is 4.60. The summed E-state index contributed by atoms with van der Waals surface area (Å²) in [5.41, 5.74) is -0.222. The fourth-order valence-electron chi connectivity index (χ4n) is 1.12. The zero-order chi connectivity index (χ0) is 10.1. The van der Waals surface area contributed by atoms with Crippen LogP contribution in [-0.4, -0.2) is 0 Å². The van der Waals surface area contributed by atoms with Gasteiger partial charge in [0.25, 0.3) is 0 Å². The molecule has 0 saturated heterocycles. The van der Waals surface area contributed by atoms with Crippen LogP contribution in [0.2, 0.25) is 0 Å². The summed E-state index contributed by atoms with van der Waals surface area (Å²) in [6.45, 7) is 1.71. The van der Waals surface area contributed by atoms with E-state index in [-0.39, 0.29) is 0 Å². The molecule has 1 aromatic rings. The van der Waals surface area contributed by atoms with Gasteiger partial charge < -0.3 is 0 Å². The van der Waals surface area contributed by atoms with E-state index < -0.39 is 11.7 Å². The minimum Gasteiger partial charge on any atom is -0.166 e. The largest absolute Gasteiger partial charge is 0.416 e. The number of halogens is 4. The highest BCUT2D eigenvalue weighted by molar-refractivity contribution is 9.10. The van der Waals surface area contributed by atoms with Crippen molar-refractivity contribution < 1.29 is 13.2 Å². The second-order valence-electron chi connectivity index (χ2n) is 2.65. The highest BCUT2D eigenvalue weighted by Crippen LogP contribution is 2.33. The van der Waals surface area contributed by atoms with Crippen LogP contribution >= 0.6 is 15.9 Å². The minimum atomic E-state index is -4.25. The number of benzene rings is 1. The first-order valence-electron chi connectivity index (χ1n) is 3.80. The van der Waals surface area contributed by atoms with Gasteiger partial charge in [0, 0.05) is 4.47 Å². The van der Waals surface area contributed by atoms with Gasteiger partial charge in [-0.1, -0.05) is 28.9 Å². The Morgan fingerprint density at radius 1 is 1.31 bits per heavy atom. The summed E-state index contributed by atoms with van der Waals surface area (Å²) in [6.07, 6.45) is -3.86. The molecule has 13 heavy (non-hydrogen) atoms. The number of rotatable bonds is 1. The Morgan fingerprint density at radius 3 is 2.38 bits per heavy atom. The van der Waals surface area contributed by atoms with Gasteiger partial charge >= 0.3 is 6.18 Å². The second kappa shape index (κ2) is 3.70. The highest BCUT2D eigenvalue weighted by atomic mass is 79.9. The summed E-state index contributed by atoms with van der Waals surface area (Å²) in [7, 11) is 0. The van der Waals surface area contributed by atoms with Gasteiger partial charge in [0.05, 0.1) is 5.56 Å². The van der Waals surface area contributed by atoms with E-state index in [1.807, 2.05) is 0 Å². The quantitative estimate of drug-likeness (QED) is 0.708. The molecule has 0 spiro atoms. The van der Waals surface area contributed by atoms with Crippen LogP contribution in [0.25, 0.3) is 0 Å². The molecule has 0 N–H and O–H groups in total. The Morgan fingerprint density at radius 2 is 1.92 bits per heavy atom. The van der Waals surface area contributed by atoms with Crippen LogP contribution in [0.3, 0.4) is 0 Å². The van der Waals surface area contributed by atoms with Crippen molar-refractivity contribution in [3.63, 3.8) is 0 Å². The lowest BCUT2D eigenvalue weighted by atomic mass is 10.1. The predicted molar refractivity (Wildman–Crippen MR) is 48.5 cm³/mol. The monoisotopic (exact) mass is 252 g/mol. The summed E-state index contributed by atoms with van der Waals surface area (Å²) in [5.74, 6) is 0. The summed E-state index contributed by atoms with van der Waals surface area (Å²) in [5, 5.41) is 0. The molecule has 0 aliphatic rings. The molecular weight excluding hydrogens is 245 g/mol. The molecule has 0 fully saturated rings. The van der Waals surface area contributed by atoms with Crippen LogP contribution < -0.4 is 0 Å². The molecule has 4 heteroatoms. The smallest absolute Gasteiger partial charge is 0.166 e. The van der Waals surface area contributed by atoms with Crippen LogP contribution in [0.4, 0.5) is 13.2 Å². The summed E-state index contributed by atoms with van der Waals surface area (Å²) >= 11 is 3.02. The number of hydrogen-bond acceptors (Lipinski definition) is 0. The van der Waals surface area contributed by atoms with Gasteiger partial charge in [-0.3, -0.25) is 0 Å². The van der Waals surface area contributed by atoms with Gasteiger partial charge in [-0.25, -0.2) is 0 Å². The van der Waals surface area contributed by atoms with E-state index >= 15 is 0 Å². The van der Waals surface area contributed by atoms with Crippen LogP contribution in [0, 0.1) is 0 Å². The minimum absolute atomic E-state index is 0.329. The predicted octanol–water partition coefficient (Wildman–Crippen LogP) is 4.03. The fourth-order valence-corrected chi connectivity index (χ4v) is 1.48. The van der Waals surface area contributed by atoms with Crippen molar-refractivity contribution in [2.45, 2.75) is 19.5 Å². The van der Waals surface area contributed by atoms with E-state index in [0.717, 1.165) is 6.07 Å². The van der Waals surface area contributed by atoms with Gasteiger partial charge in [-0.2, -0.15) is 13.2 Å². The third kappa shape index (κ3) is 2.46. The second-order valence-corrected chi connectivity index (χ2v) is 3.57. The van der Waals surface area contributed by atoms with Gasteiger partial charge in [0.2, 0.25) is 0 Å². The van der Waals surface area contributed by atoms with Gasteiger partial charge in [0.1, 0.15) is 0 Å². The van der Waals surface area contributed by atoms with Crippen molar-refractivity contribution >= 4 is 15.9 Å². The molecule has 0 radical (unpaired) electrons. The molecule has 0 amide bonds. The van der Waals surface area contributed by atoms with E-state index in [0.29, 0.717) is 16.5 Å². The maximum Gasteiger partial charge on any atom is 0.416 e. The molecule has 72 valence electrons. The Balaban J connectivity index is 3.24. The topological polar surface area (TPSA) is 0 Å². The third-order valence-electron chi connectivity index (χ3n) is 1.76. The van der Waals surface area contributed by atoms with E-state index in [2.05, 4.69) is 15.9 Å². The molecule has 0 unspecified atom stereocenters. The zero-order valence-corrected chi connectivity index (χ0v) is 8.54. The van der Waals surface area contributed by atoms with Crippen LogP contribution in [0.15, 0.2) is 22.7 Å². The Bertz CT molecular complexity index is 304. The van der Waals surface area contributed by atoms with Gasteiger partial charge in [-0.15, -0.1) is 0 Å². The molecule has 1 aromatic carbocycles. The molecule has 0 atom stereocenters. The summed E-state index contributed by atoms with van der Waals surface area (Å²) in [6, 6.07) is 4.22. The van der Waals surface area contributed by atoms with Crippen molar-refractivity contribution in [1.29, 1.82) is 0 Å². The van der Waals surface area contributed by atoms with Crippen molar-refractivity contribution in [1.82, 2.24) is 0 Å². The van der Waals surface area contributed by atoms with Crippen molar-refractivity contribution in [2.24, 2.45) is 0 Å². The molecule has 0 nitrogen and oxygen atoms in total. The average Bonchev–Trinajstić information content (AvgIpc) is 2.03. The van der Waals surface area contributed by atoms with Crippen LogP contribution in [0.1, 0.15) is 18.1 Å². The maximum atomic E-state index is 12.4. The van der Waals surface area contributed by atoms with Crippen molar-refractivity contribution in [3.05, 3.63) is 33.8 Å². The van der Waals surface area contributed by atoms with E-state index in [1.165, 1.54) is 6.07 Å².